The number of aliphatic hydroxyl groups is 1. The van der Waals surface area contributed by atoms with E-state index in [-0.39, 0.29) is 5.92 Å². The molecule has 0 bridgehead atoms. The lowest BCUT2D eigenvalue weighted by atomic mass is 9.74. The molecule has 102 valence electrons. The van der Waals surface area contributed by atoms with Gasteiger partial charge in [0.1, 0.15) is 5.75 Å². The maximum Gasteiger partial charge on any atom is 0.245 e. The topological polar surface area (TPSA) is 58.9 Å². The minimum atomic E-state index is -1.19. The van der Waals surface area contributed by atoms with E-state index in [0.29, 0.717) is 34.2 Å². The van der Waals surface area contributed by atoms with Crippen molar-refractivity contribution >= 4 is 23.2 Å². The van der Waals surface area contributed by atoms with E-state index in [1.165, 1.54) is 6.07 Å². The summed E-state index contributed by atoms with van der Waals surface area (Å²) in [6, 6.07) is 3.17. The number of hydrogen-bond donors (Lipinski definition) is 1. The molecule has 0 aromatic heterocycles. The Hall–Kier alpha value is -0.840. The molecule has 0 spiro atoms. The summed E-state index contributed by atoms with van der Waals surface area (Å²) in [5.74, 6) is -0.00269. The maximum atomic E-state index is 11.3. The first-order valence-corrected chi connectivity index (χ1v) is 7.03. The zero-order chi connectivity index (χ0) is 13.6. The van der Waals surface area contributed by atoms with E-state index in [1.54, 1.807) is 6.07 Å². The lowest BCUT2D eigenvalue weighted by molar-refractivity contribution is -0.0950. The molecule has 1 aliphatic heterocycles. The van der Waals surface area contributed by atoms with Crippen LogP contribution in [-0.4, -0.2) is 10.8 Å². The highest BCUT2D eigenvalue weighted by atomic mass is 35.5. The van der Waals surface area contributed by atoms with Crippen LogP contribution in [0.15, 0.2) is 17.3 Å². The molecule has 1 aromatic carbocycles. The summed E-state index contributed by atoms with van der Waals surface area (Å²) in [5, 5.41) is 14.4. The summed E-state index contributed by atoms with van der Waals surface area (Å²) in [6.07, 6.45) is 2.20. The summed E-state index contributed by atoms with van der Waals surface area (Å²) < 4.78 is 5.80. The monoisotopic (exact) mass is 301 g/mol. The number of fused-ring (bicyclic) bond motifs is 2. The van der Waals surface area contributed by atoms with Gasteiger partial charge in [0.15, 0.2) is 0 Å². The van der Waals surface area contributed by atoms with Gasteiger partial charge in [0.05, 0.1) is 17.0 Å². The van der Waals surface area contributed by atoms with Gasteiger partial charge < -0.3 is 9.84 Å². The maximum absolute atomic E-state index is 11.3. The summed E-state index contributed by atoms with van der Waals surface area (Å²) in [4.78, 5) is 11.3. The highest BCUT2D eigenvalue weighted by Crippen LogP contribution is 2.53. The average Bonchev–Trinajstić information content (AvgIpc) is 2.40. The van der Waals surface area contributed by atoms with Crippen LogP contribution in [0.2, 0.25) is 10.0 Å². The smallest absolute Gasteiger partial charge is 0.245 e. The van der Waals surface area contributed by atoms with E-state index in [4.69, 9.17) is 27.9 Å². The molecule has 0 radical (unpaired) electrons. The summed E-state index contributed by atoms with van der Waals surface area (Å²) in [7, 11) is 0. The number of benzene rings is 1. The SMILES string of the molecule is O=NC12CCCCC1C(O)c1cc(Cl)cc(Cl)c1O2. The molecule has 0 amide bonds. The molecule has 1 heterocycles. The number of halogens is 2. The fraction of sp³-hybridized carbons (Fsp3) is 0.538. The third kappa shape index (κ3) is 1.93. The Morgan fingerprint density at radius 3 is 2.89 bits per heavy atom. The van der Waals surface area contributed by atoms with Crippen LogP contribution < -0.4 is 4.74 Å². The van der Waals surface area contributed by atoms with Gasteiger partial charge in [-0.25, -0.2) is 0 Å². The number of ether oxygens (including phenoxy) is 1. The van der Waals surface area contributed by atoms with Crippen LogP contribution in [0.4, 0.5) is 0 Å². The fourth-order valence-corrected chi connectivity index (χ4v) is 3.67. The van der Waals surface area contributed by atoms with Crippen LogP contribution in [0.5, 0.6) is 5.75 Å². The molecule has 4 nitrogen and oxygen atoms in total. The Kier molecular flexibility index (Phi) is 3.20. The Morgan fingerprint density at radius 1 is 1.37 bits per heavy atom. The van der Waals surface area contributed by atoms with Crippen molar-refractivity contribution in [2.75, 3.05) is 0 Å². The second-order valence-corrected chi connectivity index (χ2v) is 5.98. The van der Waals surface area contributed by atoms with Crippen molar-refractivity contribution in [1.82, 2.24) is 0 Å². The van der Waals surface area contributed by atoms with Gasteiger partial charge >= 0.3 is 0 Å². The zero-order valence-electron chi connectivity index (χ0n) is 10.1. The van der Waals surface area contributed by atoms with Crippen molar-refractivity contribution in [3.63, 3.8) is 0 Å². The first kappa shape index (κ1) is 13.2. The lowest BCUT2D eigenvalue weighted by Gasteiger charge is -2.45. The van der Waals surface area contributed by atoms with Crippen molar-refractivity contribution in [1.29, 1.82) is 0 Å². The van der Waals surface area contributed by atoms with E-state index in [0.717, 1.165) is 12.8 Å². The number of hydrogen-bond acceptors (Lipinski definition) is 4. The van der Waals surface area contributed by atoms with Gasteiger partial charge in [-0.05, 0) is 30.2 Å². The largest absolute Gasteiger partial charge is 0.460 e. The van der Waals surface area contributed by atoms with Crippen LogP contribution >= 0.6 is 23.2 Å². The van der Waals surface area contributed by atoms with Crippen LogP contribution in [-0.2, 0) is 0 Å². The molecule has 3 atom stereocenters. The van der Waals surface area contributed by atoms with E-state index in [1.807, 2.05) is 0 Å². The first-order chi connectivity index (χ1) is 9.07. The van der Waals surface area contributed by atoms with E-state index in [2.05, 4.69) is 5.18 Å². The molecule has 3 rings (SSSR count). The molecule has 0 saturated heterocycles. The average molecular weight is 302 g/mol. The molecule has 1 N–H and O–H groups in total. The highest BCUT2D eigenvalue weighted by Gasteiger charge is 2.53. The molecule has 1 aliphatic carbocycles. The van der Waals surface area contributed by atoms with Crippen molar-refractivity contribution in [2.45, 2.75) is 37.5 Å². The van der Waals surface area contributed by atoms with Crippen molar-refractivity contribution in [3.8, 4) is 5.75 Å². The Labute approximate surface area is 120 Å². The van der Waals surface area contributed by atoms with Gasteiger partial charge in [-0.15, -0.1) is 4.91 Å². The summed E-state index contributed by atoms with van der Waals surface area (Å²) >= 11 is 12.1. The van der Waals surface area contributed by atoms with Crippen LogP contribution in [0.1, 0.15) is 37.4 Å². The Balaban J connectivity index is 2.15. The molecule has 1 aromatic rings. The van der Waals surface area contributed by atoms with Gasteiger partial charge in [-0.2, -0.15) is 0 Å². The molecular weight excluding hydrogens is 289 g/mol. The molecule has 19 heavy (non-hydrogen) atoms. The van der Waals surface area contributed by atoms with Crippen LogP contribution in [0.3, 0.4) is 0 Å². The third-order valence-corrected chi connectivity index (χ3v) is 4.55. The molecule has 1 saturated carbocycles. The molecular formula is C13H13Cl2NO3. The highest BCUT2D eigenvalue weighted by molar-refractivity contribution is 6.35. The van der Waals surface area contributed by atoms with Gasteiger partial charge in [0, 0.05) is 17.0 Å². The van der Waals surface area contributed by atoms with Gasteiger partial charge in [0.2, 0.25) is 5.72 Å². The van der Waals surface area contributed by atoms with E-state index >= 15 is 0 Å². The number of aliphatic hydroxyl groups excluding tert-OH is 1. The normalized spacial score (nSPS) is 33.0. The molecule has 2 aliphatic rings. The van der Waals surface area contributed by atoms with Crippen LogP contribution in [0, 0.1) is 10.8 Å². The first-order valence-electron chi connectivity index (χ1n) is 6.28. The predicted molar refractivity (Wildman–Crippen MR) is 72.5 cm³/mol. The van der Waals surface area contributed by atoms with Crippen molar-refractivity contribution in [2.24, 2.45) is 11.1 Å². The van der Waals surface area contributed by atoms with E-state index in [9.17, 15) is 10.0 Å². The third-order valence-electron chi connectivity index (χ3n) is 4.05. The minimum absolute atomic E-state index is 0.300. The molecule has 1 fully saturated rings. The fourth-order valence-electron chi connectivity index (χ4n) is 3.12. The second-order valence-electron chi connectivity index (χ2n) is 5.14. The van der Waals surface area contributed by atoms with Crippen LogP contribution in [0.25, 0.3) is 0 Å². The van der Waals surface area contributed by atoms with Gasteiger partial charge in [-0.3, -0.25) is 0 Å². The minimum Gasteiger partial charge on any atom is -0.460 e. The number of nitrogens with zero attached hydrogens (tertiary/aromatic N) is 1. The second kappa shape index (κ2) is 4.62. The quantitative estimate of drug-likeness (QED) is 0.795. The van der Waals surface area contributed by atoms with Gasteiger partial charge in [0.25, 0.3) is 0 Å². The van der Waals surface area contributed by atoms with Gasteiger partial charge in [-0.1, -0.05) is 29.6 Å². The summed E-state index contributed by atoms with van der Waals surface area (Å²) in [5.41, 5.74) is -0.647. The number of rotatable bonds is 1. The van der Waals surface area contributed by atoms with Crippen molar-refractivity contribution in [3.05, 3.63) is 32.6 Å². The molecule has 3 unspecified atom stereocenters. The standard InChI is InChI=1S/C13H13Cl2NO3/c14-7-5-8-11(17)9-3-1-2-4-13(9,16-18)19-12(8)10(15)6-7/h5-6,9,11,17H,1-4H2. The Bertz CT molecular complexity index is 537. The molecule has 6 heteroatoms. The van der Waals surface area contributed by atoms with E-state index < -0.39 is 11.8 Å². The lowest BCUT2D eigenvalue weighted by Crippen LogP contribution is -2.49. The predicted octanol–water partition coefficient (Wildman–Crippen LogP) is 4.07. The summed E-state index contributed by atoms with van der Waals surface area (Å²) in [6.45, 7) is 0. The Morgan fingerprint density at radius 2 is 2.16 bits per heavy atom. The number of nitroso groups, excluding NO2 is 1. The van der Waals surface area contributed by atoms with Crippen molar-refractivity contribution < 1.29 is 9.84 Å². The zero-order valence-corrected chi connectivity index (χ0v) is 11.6.